The maximum absolute atomic E-state index is 12.7. The van der Waals surface area contributed by atoms with E-state index in [1.54, 1.807) is 12.1 Å². The Bertz CT molecular complexity index is 365. The first kappa shape index (κ1) is 13.4. The number of rotatable bonds is 6. The van der Waals surface area contributed by atoms with Crippen LogP contribution in [0.15, 0.2) is 29.4 Å². The lowest BCUT2D eigenvalue weighted by Crippen LogP contribution is -2.32. The summed E-state index contributed by atoms with van der Waals surface area (Å²) in [6, 6.07) is 6.59. The fourth-order valence-corrected chi connectivity index (χ4v) is 1.54. The van der Waals surface area contributed by atoms with Crippen LogP contribution in [0.2, 0.25) is 0 Å². The summed E-state index contributed by atoms with van der Waals surface area (Å²) in [4.78, 5) is 0. The molecule has 0 aromatic heterocycles. The molecule has 17 heavy (non-hydrogen) atoms. The van der Waals surface area contributed by atoms with Crippen LogP contribution < -0.4 is 11.1 Å². The van der Waals surface area contributed by atoms with Gasteiger partial charge in [0, 0.05) is 12.5 Å². The molecule has 4 N–H and O–H groups in total. The molecule has 0 aliphatic carbocycles. The third kappa shape index (κ3) is 5.31. The van der Waals surface area contributed by atoms with Crippen molar-refractivity contribution in [3.05, 3.63) is 35.6 Å². The van der Waals surface area contributed by atoms with Crippen molar-refractivity contribution >= 4 is 5.84 Å². The summed E-state index contributed by atoms with van der Waals surface area (Å²) in [5, 5.41) is 14.6. The number of oxime groups is 1. The minimum absolute atomic E-state index is 0.145. The van der Waals surface area contributed by atoms with E-state index in [1.165, 1.54) is 12.1 Å². The molecule has 1 rings (SSSR count). The van der Waals surface area contributed by atoms with Crippen LogP contribution in [-0.2, 0) is 6.42 Å². The van der Waals surface area contributed by atoms with Gasteiger partial charge in [0.15, 0.2) is 0 Å². The molecule has 1 unspecified atom stereocenters. The Hall–Kier alpha value is -1.62. The van der Waals surface area contributed by atoms with Gasteiger partial charge in [0.25, 0.3) is 0 Å². The zero-order valence-corrected chi connectivity index (χ0v) is 9.86. The van der Waals surface area contributed by atoms with Crippen molar-refractivity contribution in [1.82, 2.24) is 5.32 Å². The molecular weight excluding hydrogens is 221 g/mol. The highest BCUT2D eigenvalue weighted by molar-refractivity contribution is 5.80. The summed E-state index contributed by atoms with van der Waals surface area (Å²) >= 11 is 0. The topological polar surface area (TPSA) is 70.6 Å². The fourth-order valence-electron chi connectivity index (χ4n) is 1.54. The fraction of sp³-hybridized carbons (Fsp3) is 0.417. The smallest absolute Gasteiger partial charge is 0.140 e. The van der Waals surface area contributed by atoms with Crippen LogP contribution in [-0.4, -0.2) is 23.6 Å². The van der Waals surface area contributed by atoms with E-state index in [1.807, 2.05) is 6.92 Å². The minimum atomic E-state index is -0.220. The highest BCUT2D eigenvalue weighted by Gasteiger charge is 2.04. The molecule has 1 aromatic rings. The predicted octanol–water partition coefficient (Wildman–Crippen LogP) is 1.48. The highest BCUT2D eigenvalue weighted by atomic mass is 19.1. The molecule has 0 spiro atoms. The van der Waals surface area contributed by atoms with Gasteiger partial charge in [-0.05, 0) is 37.6 Å². The second-order valence-corrected chi connectivity index (χ2v) is 4.03. The van der Waals surface area contributed by atoms with Gasteiger partial charge >= 0.3 is 0 Å². The second-order valence-electron chi connectivity index (χ2n) is 4.03. The molecule has 0 fully saturated rings. The minimum Gasteiger partial charge on any atom is -0.409 e. The third-order valence-corrected chi connectivity index (χ3v) is 2.46. The molecule has 0 heterocycles. The summed E-state index contributed by atoms with van der Waals surface area (Å²) < 4.78 is 12.7. The molecule has 0 aliphatic heterocycles. The van der Waals surface area contributed by atoms with E-state index >= 15 is 0 Å². The first-order valence-electron chi connectivity index (χ1n) is 5.56. The van der Waals surface area contributed by atoms with Crippen molar-refractivity contribution in [2.75, 3.05) is 6.54 Å². The standard InChI is InChI=1S/C12H18FN3O/c1-9(8-12(14)16-17)15-7-6-10-2-4-11(13)5-3-10/h2-5,9,15,17H,6-8H2,1H3,(H2,14,16). The van der Waals surface area contributed by atoms with Crippen molar-refractivity contribution < 1.29 is 9.60 Å². The van der Waals surface area contributed by atoms with Gasteiger partial charge in [0.2, 0.25) is 0 Å². The Morgan fingerprint density at radius 2 is 2.12 bits per heavy atom. The van der Waals surface area contributed by atoms with Gasteiger partial charge in [-0.3, -0.25) is 0 Å². The van der Waals surface area contributed by atoms with E-state index < -0.39 is 0 Å². The van der Waals surface area contributed by atoms with Gasteiger partial charge in [-0.25, -0.2) is 4.39 Å². The molecule has 4 nitrogen and oxygen atoms in total. The van der Waals surface area contributed by atoms with Gasteiger partial charge in [0.05, 0.1) is 0 Å². The quantitative estimate of drug-likeness (QED) is 0.305. The maximum Gasteiger partial charge on any atom is 0.140 e. The van der Waals surface area contributed by atoms with Crippen LogP contribution in [0.25, 0.3) is 0 Å². The van der Waals surface area contributed by atoms with Crippen LogP contribution >= 0.6 is 0 Å². The first-order valence-corrected chi connectivity index (χ1v) is 5.56. The molecule has 0 radical (unpaired) electrons. The number of nitrogens with one attached hydrogen (secondary N) is 1. The summed E-state index contributed by atoms with van der Waals surface area (Å²) in [6.07, 6.45) is 1.32. The zero-order valence-electron chi connectivity index (χ0n) is 9.86. The molecule has 94 valence electrons. The van der Waals surface area contributed by atoms with Gasteiger partial charge in [-0.15, -0.1) is 0 Å². The Morgan fingerprint density at radius 1 is 1.47 bits per heavy atom. The largest absolute Gasteiger partial charge is 0.409 e. The van der Waals surface area contributed by atoms with Gasteiger partial charge in [-0.1, -0.05) is 17.3 Å². The number of benzene rings is 1. The lowest BCUT2D eigenvalue weighted by Gasteiger charge is -2.12. The van der Waals surface area contributed by atoms with Crippen molar-refractivity contribution in [3.8, 4) is 0 Å². The number of nitrogens with two attached hydrogens (primary N) is 1. The van der Waals surface area contributed by atoms with Crippen molar-refractivity contribution in [2.45, 2.75) is 25.8 Å². The molecule has 0 aliphatic rings. The van der Waals surface area contributed by atoms with E-state index in [0.29, 0.717) is 6.42 Å². The van der Waals surface area contributed by atoms with Crippen molar-refractivity contribution in [2.24, 2.45) is 10.9 Å². The SMILES string of the molecule is CC(CC(N)=NO)NCCc1ccc(F)cc1. The second kappa shape index (κ2) is 6.85. The molecule has 0 bridgehead atoms. The highest BCUT2D eigenvalue weighted by Crippen LogP contribution is 2.03. The summed E-state index contributed by atoms with van der Waals surface area (Å²) in [7, 11) is 0. The normalized spacial score (nSPS) is 13.6. The third-order valence-electron chi connectivity index (χ3n) is 2.46. The Kier molecular flexibility index (Phi) is 5.42. The van der Waals surface area contributed by atoms with E-state index in [0.717, 1.165) is 18.5 Å². The monoisotopic (exact) mass is 239 g/mol. The van der Waals surface area contributed by atoms with Crippen LogP contribution in [0.3, 0.4) is 0 Å². The Balaban J connectivity index is 2.25. The number of amidine groups is 1. The maximum atomic E-state index is 12.7. The van der Waals surface area contributed by atoms with Crippen LogP contribution in [0, 0.1) is 5.82 Å². The number of hydrogen-bond acceptors (Lipinski definition) is 3. The molecule has 5 heteroatoms. The lowest BCUT2D eigenvalue weighted by atomic mass is 10.1. The molecule has 0 amide bonds. The van der Waals surface area contributed by atoms with Gasteiger partial charge < -0.3 is 16.3 Å². The van der Waals surface area contributed by atoms with E-state index in [-0.39, 0.29) is 17.7 Å². The summed E-state index contributed by atoms with van der Waals surface area (Å²) in [6.45, 7) is 2.73. The summed E-state index contributed by atoms with van der Waals surface area (Å²) in [5.41, 5.74) is 6.47. The van der Waals surface area contributed by atoms with E-state index in [4.69, 9.17) is 10.9 Å². The van der Waals surface area contributed by atoms with Crippen LogP contribution in [0.1, 0.15) is 18.9 Å². The molecule has 1 aromatic carbocycles. The van der Waals surface area contributed by atoms with Gasteiger partial charge in [0.1, 0.15) is 11.7 Å². The van der Waals surface area contributed by atoms with E-state index in [9.17, 15) is 4.39 Å². The van der Waals surface area contributed by atoms with E-state index in [2.05, 4.69) is 10.5 Å². The average molecular weight is 239 g/mol. The molecule has 1 atom stereocenters. The number of nitrogens with zero attached hydrogens (tertiary/aromatic N) is 1. The van der Waals surface area contributed by atoms with Gasteiger partial charge in [-0.2, -0.15) is 0 Å². The lowest BCUT2D eigenvalue weighted by molar-refractivity contribution is 0.316. The number of halogens is 1. The molecular formula is C12H18FN3O. The number of hydrogen-bond donors (Lipinski definition) is 3. The van der Waals surface area contributed by atoms with Crippen LogP contribution in [0.4, 0.5) is 4.39 Å². The molecule has 0 saturated heterocycles. The predicted molar refractivity (Wildman–Crippen MR) is 65.6 cm³/mol. The first-order chi connectivity index (χ1) is 8.11. The Labute approximate surface area is 100 Å². The Morgan fingerprint density at radius 3 is 2.71 bits per heavy atom. The van der Waals surface area contributed by atoms with Crippen molar-refractivity contribution in [3.63, 3.8) is 0 Å². The van der Waals surface area contributed by atoms with Crippen molar-refractivity contribution in [1.29, 1.82) is 0 Å². The van der Waals surface area contributed by atoms with Crippen LogP contribution in [0.5, 0.6) is 0 Å². The summed E-state index contributed by atoms with van der Waals surface area (Å²) in [5.74, 6) is -0.00575. The molecule has 0 saturated carbocycles. The zero-order chi connectivity index (χ0) is 12.7. The average Bonchev–Trinajstić information content (AvgIpc) is 2.31.